The molecule has 2 aromatic carbocycles. The summed E-state index contributed by atoms with van der Waals surface area (Å²) in [4.78, 5) is 15.3. The lowest BCUT2D eigenvalue weighted by Gasteiger charge is -2.31. The number of carbonyl (C=O) groups is 1. The van der Waals surface area contributed by atoms with Crippen LogP contribution in [0.2, 0.25) is 0 Å². The monoisotopic (exact) mass is 430 g/mol. The Morgan fingerprint density at radius 1 is 1.00 bits per heavy atom. The minimum atomic E-state index is -0.335. The highest BCUT2D eigenvalue weighted by atomic mass is 16.5. The maximum atomic E-state index is 13.1. The van der Waals surface area contributed by atoms with Crippen molar-refractivity contribution in [2.75, 3.05) is 64.0 Å². The van der Waals surface area contributed by atoms with Gasteiger partial charge in [-0.1, -0.05) is 6.07 Å². The number of amides is 1. The largest absolute Gasteiger partial charge is 0.493 e. The van der Waals surface area contributed by atoms with E-state index < -0.39 is 0 Å². The maximum absolute atomic E-state index is 13.1. The Hall–Kier alpha value is -3.13. The van der Waals surface area contributed by atoms with Crippen LogP contribution in [0, 0.1) is 0 Å². The van der Waals surface area contributed by atoms with Crippen LogP contribution in [0.4, 0.5) is 11.4 Å². The lowest BCUT2D eigenvalue weighted by Crippen LogP contribution is -2.36. The van der Waals surface area contributed by atoms with Crippen molar-refractivity contribution in [1.29, 1.82) is 0 Å². The van der Waals surface area contributed by atoms with Crippen LogP contribution >= 0.6 is 0 Å². The summed E-state index contributed by atoms with van der Waals surface area (Å²) in [7, 11) is 3.04. The first-order valence-corrected chi connectivity index (χ1v) is 10.4. The van der Waals surface area contributed by atoms with Crippen molar-refractivity contribution in [3.8, 4) is 23.0 Å². The molecule has 0 bridgehead atoms. The third-order valence-electron chi connectivity index (χ3n) is 4.91. The molecule has 0 atom stereocenters. The van der Waals surface area contributed by atoms with Gasteiger partial charge < -0.3 is 33.9 Å². The Balaban J connectivity index is 1.98. The third kappa shape index (κ3) is 5.14. The van der Waals surface area contributed by atoms with Crippen molar-refractivity contribution in [3.05, 3.63) is 35.9 Å². The van der Waals surface area contributed by atoms with Crippen LogP contribution < -0.4 is 29.2 Å². The van der Waals surface area contributed by atoms with E-state index in [0.717, 1.165) is 18.8 Å². The van der Waals surface area contributed by atoms with E-state index in [4.69, 9.17) is 23.7 Å². The van der Waals surface area contributed by atoms with Gasteiger partial charge in [-0.25, -0.2) is 0 Å². The van der Waals surface area contributed by atoms with Gasteiger partial charge in [0.05, 0.1) is 57.6 Å². The Morgan fingerprint density at radius 2 is 1.71 bits per heavy atom. The first-order chi connectivity index (χ1) is 15.1. The van der Waals surface area contributed by atoms with Crippen LogP contribution in [0.3, 0.4) is 0 Å². The van der Waals surface area contributed by atoms with Crippen molar-refractivity contribution < 1.29 is 28.5 Å². The van der Waals surface area contributed by atoms with Crippen LogP contribution in [0.1, 0.15) is 24.2 Å². The van der Waals surface area contributed by atoms with Crippen LogP contribution in [0.25, 0.3) is 0 Å². The number of hydrogen-bond acceptors (Lipinski definition) is 7. The molecule has 1 N–H and O–H groups in total. The number of para-hydroxylation sites is 1. The quantitative estimate of drug-likeness (QED) is 0.651. The third-order valence-corrected chi connectivity index (χ3v) is 4.91. The normalized spacial score (nSPS) is 13.5. The summed E-state index contributed by atoms with van der Waals surface area (Å²) in [6.45, 7) is 7.63. The summed E-state index contributed by atoms with van der Waals surface area (Å²) in [5, 5.41) is 2.94. The molecule has 8 heteroatoms. The Labute approximate surface area is 183 Å². The molecule has 0 aliphatic carbocycles. The first kappa shape index (κ1) is 22.6. The summed E-state index contributed by atoms with van der Waals surface area (Å²) >= 11 is 0. The SMILES string of the molecule is CCOc1cc(N2CCOCC2)c(OCC)cc1NC(=O)c1cccc(OC)c1OC. The number of anilines is 2. The molecule has 1 heterocycles. The molecular formula is C23H30N2O6. The average Bonchev–Trinajstić information content (AvgIpc) is 2.80. The summed E-state index contributed by atoms with van der Waals surface area (Å²) in [6.07, 6.45) is 0. The highest BCUT2D eigenvalue weighted by Gasteiger charge is 2.22. The molecule has 0 saturated carbocycles. The summed E-state index contributed by atoms with van der Waals surface area (Å²) in [5.74, 6) is 1.77. The van der Waals surface area contributed by atoms with E-state index in [0.29, 0.717) is 60.7 Å². The number of nitrogens with one attached hydrogen (secondary N) is 1. The summed E-state index contributed by atoms with van der Waals surface area (Å²) in [6, 6.07) is 8.89. The van der Waals surface area contributed by atoms with E-state index in [2.05, 4.69) is 10.2 Å². The molecule has 1 aliphatic heterocycles. The smallest absolute Gasteiger partial charge is 0.259 e. The molecule has 1 fully saturated rings. The molecule has 1 saturated heterocycles. The lowest BCUT2D eigenvalue weighted by molar-refractivity contribution is 0.102. The predicted octanol–water partition coefficient (Wildman–Crippen LogP) is 3.59. The molecule has 3 rings (SSSR count). The summed E-state index contributed by atoms with van der Waals surface area (Å²) in [5.41, 5.74) is 1.81. The second kappa shape index (κ2) is 10.8. The Morgan fingerprint density at radius 3 is 2.35 bits per heavy atom. The Kier molecular flexibility index (Phi) is 7.83. The van der Waals surface area contributed by atoms with Crippen molar-refractivity contribution in [2.24, 2.45) is 0 Å². The minimum absolute atomic E-state index is 0.335. The van der Waals surface area contributed by atoms with E-state index in [-0.39, 0.29) is 5.91 Å². The van der Waals surface area contributed by atoms with Gasteiger partial charge in [0.1, 0.15) is 11.5 Å². The number of methoxy groups -OCH3 is 2. The summed E-state index contributed by atoms with van der Waals surface area (Å²) < 4.78 is 27.9. The van der Waals surface area contributed by atoms with Crippen molar-refractivity contribution in [3.63, 3.8) is 0 Å². The van der Waals surface area contributed by atoms with Gasteiger partial charge in [0, 0.05) is 25.2 Å². The number of ether oxygens (including phenoxy) is 5. The second-order valence-corrected chi connectivity index (χ2v) is 6.78. The number of nitrogens with zero attached hydrogens (tertiary/aromatic N) is 1. The number of hydrogen-bond donors (Lipinski definition) is 1. The van der Waals surface area contributed by atoms with E-state index >= 15 is 0 Å². The average molecular weight is 431 g/mol. The molecule has 1 amide bonds. The molecule has 168 valence electrons. The zero-order valence-electron chi connectivity index (χ0n) is 18.5. The fraction of sp³-hybridized carbons (Fsp3) is 0.435. The first-order valence-electron chi connectivity index (χ1n) is 10.4. The molecule has 8 nitrogen and oxygen atoms in total. The molecule has 0 unspecified atom stereocenters. The van der Waals surface area contributed by atoms with Crippen LogP contribution in [-0.4, -0.2) is 59.6 Å². The van der Waals surface area contributed by atoms with Gasteiger partial charge in [-0.2, -0.15) is 0 Å². The molecule has 2 aromatic rings. The number of morpholine rings is 1. The second-order valence-electron chi connectivity index (χ2n) is 6.78. The van der Waals surface area contributed by atoms with E-state index in [1.165, 1.54) is 14.2 Å². The predicted molar refractivity (Wildman–Crippen MR) is 119 cm³/mol. The molecule has 0 aromatic heterocycles. The highest BCUT2D eigenvalue weighted by molar-refractivity contribution is 6.07. The Bertz CT molecular complexity index is 896. The van der Waals surface area contributed by atoms with Gasteiger partial charge >= 0.3 is 0 Å². The van der Waals surface area contributed by atoms with Gasteiger partial charge in [0.15, 0.2) is 11.5 Å². The van der Waals surface area contributed by atoms with Crippen LogP contribution in [-0.2, 0) is 4.74 Å². The zero-order chi connectivity index (χ0) is 22.2. The fourth-order valence-corrected chi connectivity index (χ4v) is 3.50. The van der Waals surface area contributed by atoms with E-state index in [1.54, 1.807) is 18.2 Å². The lowest BCUT2D eigenvalue weighted by atomic mass is 10.1. The van der Waals surface area contributed by atoms with Gasteiger partial charge in [-0.05, 0) is 26.0 Å². The topological polar surface area (TPSA) is 78.5 Å². The van der Waals surface area contributed by atoms with Gasteiger partial charge in [0.25, 0.3) is 5.91 Å². The van der Waals surface area contributed by atoms with Gasteiger partial charge in [-0.3, -0.25) is 4.79 Å². The van der Waals surface area contributed by atoms with Crippen molar-refractivity contribution in [2.45, 2.75) is 13.8 Å². The van der Waals surface area contributed by atoms with Crippen molar-refractivity contribution >= 4 is 17.3 Å². The van der Waals surface area contributed by atoms with Crippen molar-refractivity contribution in [1.82, 2.24) is 0 Å². The van der Waals surface area contributed by atoms with Crippen LogP contribution in [0.5, 0.6) is 23.0 Å². The zero-order valence-corrected chi connectivity index (χ0v) is 18.5. The highest BCUT2D eigenvalue weighted by Crippen LogP contribution is 2.40. The maximum Gasteiger partial charge on any atom is 0.259 e. The van der Waals surface area contributed by atoms with E-state index in [1.807, 2.05) is 26.0 Å². The molecule has 0 spiro atoms. The molecular weight excluding hydrogens is 400 g/mol. The minimum Gasteiger partial charge on any atom is -0.493 e. The molecule has 0 radical (unpaired) electrons. The standard InChI is InChI=1S/C23H30N2O6/c1-5-30-20-15-18(25-10-12-29-13-11-25)21(31-6-2)14-17(20)24-23(26)16-8-7-9-19(27-3)22(16)28-4/h7-9,14-15H,5-6,10-13H2,1-4H3,(H,24,26). The van der Waals surface area contributed by atoms with E-state index in [9.17, 15) is 4.79 Å². The fourth-order valence-electron chi connectivity index (χ4n) is 3.50. The van der Waals surface area contributed by atoms with Crippen LogP contribution in [0.15, 0.2) is 30.3 Å². The number of carbonyl (C=O) groups excluding carboxylic acids is 1. The molecule has 1 aliphatic rings. The number of rotatable bonds is 9. The van der Waals surface area contributed by atoms with Gasteiger partial charge in [0.2, 0.25) is 0 Å². The molecule has 31 heavy (non-hydrogen) atoms. The number of benzene rings is 2. The van der Waals surface area contributed by atoms with Gasteiger partial charge in [-0.15, -0.1) is 0 Å².